The number of nitrogens with zero attached hydrogens (tertiary/aromatic N) is 2. The van der Waals surface area contributed by atoms with Crippen molar-refractivity contribution in [2.24, 2.45) is 0 Å². The van der Waals surface area contributed by atoms with Crippen molar-refractivity contribution in [2.45, 2.75) is 38.1 Å². The highest BCUT2D eigenvalue weighted by Gasteiger charge is 2.34. The van der Waals surface area contributed by atoms with Crippen LogP contribution in [0.3, 0.4) is 0 Å². The van der Waals surface area contributed by atoms with Gasteiger partial charge >= 0.3 is 0 Å². The zero-order valence-electron chi connectivity index (χ0n) is 16.6. The van der Waals surface area contributed by atoms with Gasteiger partial charge in [0.15, 0.2) is 27.0 Å². The van der Waals surface area contributed by atoms with Crippen molar-refractivity contribution in [3.63, 3.8) is 0 Å². The molecule has 1 aliphatic carbocycles. The van der Waals surface area contributed by atoms with Crippen molar-refractivity contribution in [1.29, 1.82) is 0 Å². The highest BCUT2D eigenvalue weighted by molar-refractivity contribution is 7.91. The molecule has 0 bridgehead atoms. The molecule has 1 fully saturated rings. The topological polar surface area (TPSA) is 99.5 Å². The molecule has 4 rings (SSSR count). The number of aromatic nitrogens is 2. The highest BCUT2D eigenvalue weighted by Crippen LogP contribution is 2.33. The molecule has 2 aromatic rings. The van der Waals surface area contributed by atoms with E-state index in [1.807, 2.05) is 4.68 Å². The molecular weight excluding hydrogens is 394 g/mol. The maximum Gasteiger partial charge on any atom is 0.276 e. The van der Waals surface area contributed by atoms with E-state index in [4.69, 9.17) is 9.47 Å². The van der Waals surface area contributed by atoms with Crippen LogP contribution < -0.4 is 14.8 Å². The van der Waals surface area contributed by atoms with Crippen LogP contribution in [0, 0.1) is 0 Å². The number of ether oxygens (including phenoxy) is 2. The molecule has 2 heterocycles. The van der Waals surface area contributed by atoms with Gasteiger partial charge in [0.1, 0.15) is 0 Å². The van der Waals surface area contributed by atoms with Crippen molar-refractivity contribution in [3.8, 4) is 11.5 Å². The average Bonchev–Trinajstić information content (AvgIpc) is 3.27. The quantitative estimate of drug-likeness (QED) is 0.799. The summed E-state index contributed by atoms with van der Waals surface area (Å²) < 4.78 is 36.2. The van der Waals surface area contributed by atoms with Gasteiger partial charge < -0.3 is 14.8 Å². The maximum absolute atomic E-state index is 13.0. The number of carbonyl (C=O) groups excluding carboxylic acids is 1. The first-order valence-corrected chi connectivity index (χ1v) is 11.6. The van der Waals surface area contributed by atoms with Crippen molar-refractivity contribution in [2.75, 3.05) is 31.0 Å². The van der Waals surface area contributed by atoms with Crippen LogP contribution in [-0.4, -0.2) is 49.8 Å². The van der Waals surface area contributed by atoms with Crippen molar-refractivity contribution < 1.29 is 22.7 Å². The smallest absolute Gasteiger partial charge is 0.276 e. The molecule has 0 radical (unpaired) electrons. The number of benzene rings is 1. The molecule has 0 saturated carbocycles. The third kappa shape index (κ3) is 3.83. The number of methoxy groups -OCH3 is 2. The molecule has 1 aromatic heterocycles. The number of nitrogens with one attached hydrogen (secondary N) is 1. The molecule has 29 heavy (non-hydrogen) atoms. The van der Waals surface area contributed by atoms with E-state index in [1.165, 1.54) is 7.11 Å². The summed E-state index contributed by atoms with van der Waals surface area (Å²) in [6.45, 7) is 0. The summed E-state index contributed by atoms with van der Waals surface area (Å²) in [6, 6.07) is 4.98. The Balaban J connectivity index is 1.64. The Bertz CT molecular complexity index is 1040. The van der Waals surface area contributed by atoms with E-state index in [2.05, 4.69) is 10.4 Å². The lowest BCUT2D eigenvalue weighted by molar-refractivity contribution is 0.102. The SMILES string of the molecule is COc1ccc(NC(=O)c2nn(C3CCS(=O)(=O)C3)c3c2CCCC3)cc1OC. The highest BCUT2D eigenvalue weighted by atomic mass is 32.2. The largest absolute Gasteiger partial charge is 0.493 e. The molecule has 1 amide bonds. The molecule has 1 aliphatic heterocycles. The van der Waals surface area contributed by atoms with Crippen LogP contribution in [0.4, 0.5) is 5.69 Å². The summed E-state index contributed by atoms with van der Waals surface area (Å²) in [7, 11) is 0.0615. The fraction of sp³-hybridized carbons (Fsp3) is 0.500. The number of hydrogen-bond donors (Lipinski definition) is 1. The van der Waals surface area contributed by atoms with Crippen LogP contribution in [0.1, 0.15) is 47.1 Å². The van der Waals surface area contributed by atoms with Crippen molar-refractivity contribution >= 4 is 21.4 Å². The van der Waals surface area contributed by atoms with E-state index in [0.717, 1.165) is 36.9 Å². The van der Waals surface area contributed by atoms with Crippen LogP contribution in [0.25, 0.3) is 0 Å². The number of amides is 1. The number of sulfone groups is 1. The van der Waals surface area contributed by atoms with Gasteiger partial charge in [-0.3, -0.25) is 9.48 Å². The molecule has 156 valence electrons. The van der Waals surface area contributed by atoms with Gasteiger partial charge in [-0.2, -0.15) is 5.10 Å². The summed E-state index contributed by atoms with van der Waals surface area (Å²) in [5, 5.41) is 7.48. The Morgan fingerprint density at radius 2 is 1.93 bits per heavy atom. The minimum Gasteiger partial charge on any atom is -0.493 e. The van der Waals surface area contributed by atoms with Crippen LogP contribution in [0.5, 0.6) is 11.5 Å². The van der Waals surface area contributed by atoms with Gasteiger partial charge in [-0.25, -0.2) is 8.42 Å². The first-order chi connectivity index (χ1) is 13.9. The third-order valence-electron chi connectivity index (χ3n) is 5.62. The second kappa shape index (κ2) is 7.70. The summed E-state index contributed by atoms with van der Waals surface area (Å²) in [6.07, 6.45) is 4.17. The van der Waals surface area contributed by atoms with E-state index >= 15 is 0 Å². The molecule has 0 spiro atoms. The van der Waals surface area contributed by atoms with Crippen LogP contribution in [0.15, 0.2) is 18.2 Å². The Labute approximate surface area is 170 Å². The molecule has 8 nitrogen and oxygen atoms in total. The molecule has 1 saturated heterocycles. The van der Waals surface area contributed by atoms with Gasteiger partial charge in [0.05, 0.1) is 31.8 Å². The van der Waals surface area contributed by atoms with Crippen molar-refractivity contribution in [1.82, 2.24) is 9.78 Å². The van der Waals surface area contributed by atoms with E-state index in [9.17, 15) is 13.2 Å². The van der Waals surface area contributed by atoms with Crippen molar-refractivity contribution in [3.05, 3.63) is 35.2 Å². The van der Waals surface area contributed by atoms with Gasteiger partial charge in [0.25, 0.3) is 5.91 Å². The second-order valence-electron chi connectivity index (χ2n) is 7.51. The van der Waals surface area contributed by atoms with E-state index in [-0.39, 0.29) is 23.5 Å². The number of fused-ring (bicyclic) bond motifs is 1. The summed E-state index contributed by atoms with van der Waals surface area (Å²) in [4.78, 5) is 13.0. The lowest BCUT2D eigenvalue weighted by Gasteiger charge is -2.17. The maximum atomic E-state index is 13.0. The molecule has 1 N–H and O–H groups in total. The van der Waals surface area contributed by atoms with Gasteiger partial charge in [0.2, 0.25) is 0 Å². The summed E-state index contributed by atoms with van der Waals surface area (Å²) >= 11 is 0. The number of rotatable bonds is 5. The molecular formula is C20H25N3O5S. The minimum absolute atomic E-state index is 0.0951. The Hall–Kier alpha value is -2.55. The third-order valence-corrected chi connectivity index (χ3v) is 7.37. The van der Waals surface area contributed by atoms with Crippen LogP contribution >= 0.6 is 0 Å². The number of anilines is 1. The first kappa shape index (κ1) is 19.8. The first-order valence-electron chi connectivity index (χ1n) is 9.76. The van der Waals surface area contributed by atoms with E-state index in [0.29, 0.717) is 29.3 Å². The lowest BCUT2D eigenvalue weighted by atomic mass is 9.95. The molecule has 1 unspecified atom stereocenters. The molecule has 2 aliphatic rings. The fourth-order valence-electron chi connectivity index (χ4n) is 4.18. The Morgan fingerprint density at radius 1 is 1.17 bits per heavy atom. The van der Waals surface area contributed by atoms with Gasteiger partial charge in [-0.1, -0.05) is 0 Å². The number of hydrogen-bond acceptors (Lipinski definition) is 6. The average molecular weight is 420 g/mol. The van der Waals surface area contributed by atoms with Gasteiger partial charge in [-0.15, -0.1) is 0 Å². The summed E-state index contributed by atoms with van der Waals surface area (Å²) in [5.74, 6) is 1.08. The lowest BCUT2D eigenvalue weighted by Crippen LogP contribution is -2.17. The molecule has 1 aromatic carbocycles. The fourth-order valence-corrected chi connectivity index (χ4v) is 5.87. The predicted molar refractivity (Wildman–Crippen MR) is 109 cm³/mol. The summed E-state index contributed by atoms with van der Waals surface area (Å²) in [5.41, 5.74) is 2.92. The zero-order chi connectivity index (χ0) is 20.6. The Morgan fingerprint density at radius 3 is 2.62 bits per heavy atom. The monoisotopic (exact) mass is 419 g/mol. The molecule has 9 heteroatoms. The van der Waals surface area contributed by atoms with Crippen LogP contribution in [0.2, 0.25) is 0 Å². The van der Waals surface area contributed by atoms with Crippen LogP contribution in [-0.2, 0) is 22.7 Å². The van der Waals surface area contributed by atoms with E-state index < -0.39 is 9.84 Å². The zero-order valence-corrected chi connectivity index (χ0v) is 17.4. The Kier molecular flexibility index (Phi) is 5.24. The molecule has 1 atom stereocenters. The van der Waals surface area contributed by atoms with Gasteiger partial charge in [0, 0.05) is 23.0 Å². The van der Waals surface area contributed by atoms with E-state index in [1.54, 1.807) is 25.3 Å². The number of carbonyl (C=O) groups is 1. The minimum atomic E-state index is -3.03. The van der Waals surface area contributed by atoms with Gasteiger partial charge in [-0.05, 0) is 44.2 Å². The second-order valence-corrected chi connectivity index (χ2v) is 9.73. The normalized spacial score (nSPS) is 20.1. The predicted octanol–water partition coefficient (Wildman–Crippen LogP) is 2.39. The standard InChI is InChI=1S/C20H25N3O5S/c1-27-17-8-7-13(11-18(17)28-2)21-20(24)19-15-5-3-4-6-16(15)23(22-19)14-9-10-29(25,26)12-14/h7-8,11,14H,3-6,9-10,12H2,1-2H3,(H,21,24).